The van der Waals surface area contributed by atoms with Crippen LogP contribution in [0.4, 0.5) is 5.69 Å². The number of amides is 2. The Morgan fingerprint density at radius 1 is 1.03 bits per heavy atom. The normalized spacial score (nSPS) is 15.2. The van der Waals surface area contributed by atoms with Crippen LogP contribution in [0.1, 0.15) is 55.1 Å². The second-order valence-electron chi connectivity index (χ2n) is 8.62. The van der Waals surface area contributed by atoms with E-state index in [4.69, 9.17) is 9.94 Å². The van der Waals surface area contributed by atoms with Gasteiger partial charge in [-0.05, 0) is 50.1 Å². The molecule has 3 aromatic rings. The van der Waals surface area contributed by atoms with Gasteiger partial charge in [0, 0.05) is 28.6 Å². The van der Waals surface area contributed by atoms with Crippen LogP contribution in [0.2, 0.25) is 0 Å². The lowest BCUT2D eigenvalue weighted by Gasteiger charge is -2.32. The minimum absolute atomic E-state index is 0.0578. The molecule has 1 saturated carbocycles. The van der Waals surface area contributed by atoms with Crippen molar-refractivity contribution in [1.29, 1.82) is 0 Å². The highest BCUT2D eigenvalue weighted by Gasteiger charge is 2.34. The summed E-state index contributed by atoms with van der Waals surface area (Å²) in [7, 11) is 0. The van der Waals surface area contributed by atoms with E-state index in [0.29, 0.717) is 34.0 Å². The summed E-state index contributed by atoms with van der Waals surface area (Å²) in [6.45, 7) is 3.75. The summed E-state index contributed by atoms with van der Waals surface area (Å²) >= 11 is 0. The molecule has 0 radical (unpaired) electrons. The topological polar surface area (TPSA) is 101 Å². The highest BCUT2D eigenvalue weighted by Crippen LogP contribution is 2.37. The molecule has 0 atom stereocenters. The number of rotatable bonds is 5. The quantitative estimate of drug-likeness (QED) is 0.371. The fourth-order valence-electron chi connectivity index (χ4n) is 4.21. The molecule has 1 fully saturated rings. The van der Waals surface area contributed by atoms with Crippen molar-refractivity contribution in [2.24, 2.45) is 5.41 Å². The van der Waals surface area contributed by atoms with E-state index < -0.39 is 5.91 Å². The molecule has 1 aromatic heterocycles. The Labute approximate surface area is 186 Å². The van der Waals surface area contributed by atoms with Crippen molar-refractivity contribution in [2.45, 2.75) is 46.0 Å². The summed E-state index contributed by atoms with van der Waals surface area (Å²) in [5, 5.41) is 12.7. The number of ether oxygens (including phenoxy) is 1. The largest absolute Gasteiger partial charge is 0.457 e. The number of aromatic nitrogens is 1. The number of hydrogen-bond donors (Lipinski definition) is 3. The third-order valence-corrected chi connectivity index (χ3v) is 6.16. The summed E-state index contributed by atoms with van der Waals surface area (Å²) in [6.07, 6.45) is 5.21. The van der Waals surface area contributed by atoms with Crippen LogP contribution in [-0.2, 0) is 4.79 Å². The summed E-state index contributed by atoms with van der Waals surface area (Å²) in [5.41, 5.74) is 3.51. The van der Waals surface area contributed by atoms with Crippen LogP contribution >= 0.6 is 0 Å². The Morgan fingerprint density at radius 2 is 1.78 bits per heavy atom. The predicted octanol–water partition coefficient (Wildman–Crippen LogP) is 5.36. The zero-order valence-electron chi connectivity index (χ0n) is 18.3. The zero-order valence-corrected chi connectivity index (χ0v) is 18.3. The van der Waals surface area contributed by atoms with Gasteiger partial charge < -0.3 is 10.1 Å². The van der Waals surface area contributed by atoms with Gasteiger partial charge in [-0.1, -0.05) is 32.3 Å². The number of fused-ring (bicyclic) bond motifs is 1. The van der Waals surface area contributed by atoms with Gasteiger partial charge in [-0.2, -0.15) is 0 Å². The Morgan fingerprint density at radius 3 is 2.53 bits per heavy atom. The van der Waals surface area contributed by atoms with Crippen LogP contribution in [0.3, 0.4) is 0 Å². The predicted molar refractivity (Wildman–Crippen MR) is 122 cm³/mol. The summed E-state index contributed by atoms with van der Waals surface area (Å²) in [4.78, 5) is 29.0. The number of nitrogens with zero attached hydrogens (tertiary/aromatic N) is 1. The molecule has 7 heteroatoms. The second kappa shape index (κ2) is 8.96. The Hall–Kier alpha value is -3.45. The van der Waals surface area contributed by atoms with Gasteiger partial charge >= 0.3 is 0 Å². The highest BCUT2D eigenvalue weighted by molar-refractivity contribution is 5.98. The van der Waals surface area contributed by atoms with Crippen molar-refractivity contribution in [2.75, 3.05) is 5.32 Å². The van der Waals surface area contributed by atoms with E-state index in [-0.39, 0.29) is 11.3 Å². The monoisotopic (exact) mass is 433 g/mol. The van der Waals surface area contributed by atoms with Crippen LogP contribution in [0.5, 0.6) is 11.5 Å². The van der Waals surface area contributed by atoms with Gasteiger partial charge in [-0.15, -0.1) is 0 Å². The van der Waals surface area contributed by atoms with Gasteiger partial charge in [0.1, 0.15) is 11.5 Å². The maximum atomic E-state index is 12.8. The average molecular weight is 434 g/mol. The van der Waals surface area contributed by atoms with E-state index in [9.17, 15) is 9.59 Å². The standard InChI is InChI=1S/C25H27N3O4/c1-16-21(23(29)28-31)13-17-9-10-20(15-22(17)26-16)32-19-8-6-7-18(14-19)27-24(30)25(2)11-4-3-5-12-25/h6-10,13-15,31H,3-5,11-12H2,1-2H3,(H,27,30)(H,28,29). The number of carbonyl (C=O) groups is 2. The number of benzene rings is 2. The number of hydroxylamine groups is 1. The molecular formula is C25H27N3O4. The molecular weight excluding hydrogens is 406 g/mol. The lowest BCUT2D eigenvalue weighted by molar-refractivity contribution is -0.126. The van der Waals surface area contributed by atoms with Gasteiger partial charge in [0.2, 0.25) is 5.91 Å². The maximum absolute atomic E-state index is 12.8. The lowest BCUT2D eigenvalue weighted by atomic mass is 9.75. The number of aryl methyl sites for hydroxylation is 1. The minimum atomic E-state index is -0.599. The van der Waals surface area contributed by atoms with Crippen molar-refractivity contribution in [3.05, 3.63) is 59.8 Å². The lowest BCUT2D eigenvalue weighted by Crippen LogP contribution is -2.35. The van der Waals surface area contributed by atoms with Gasteiger partial charge in [-0.3, -0.25) is 19.8 Å². The first kappa shape index (κ1) is 21.8. The zero-order chi connectivity index (χ0) is 22.7. The molecule has 3 N–H and O–H groups in total. The summed E-state index contributed by atoms with van der Waals surface area (Å²) < 4.78 is 6.01. The summed E-state index contributed by atoms with van der Waals surface area (Å²) in [6, 6.07) is 14.4. The molecule has 2 amide bonds. The van der Waals surface area contributed by atoms with E-state index in [2.05, 4.69) is 10.3 Å². The van der Waals surface area contributed by atoms with Crippen LogP contribution in [0.15, 0.2) is 48.5 Å². The summed E-state index contributed by atoms with van der Waals surface area (Å²) in [5.74, 6) is 0.649. The highest BCUT2D eigenvalue weighted by atomic mass is 16.5. The molecule has 0 unspecified atom stereocenters. The Bertz CT molecular complexity index is 1170. The number of anilines is 1. The first-order valence-corrected chi connectivity index (χ1v) is 10.8. The van der Waals surface area contributed by atoms with Gasteiger partial charge in [-0.25, -0.2) is 5.48 Å². The molecule has 7 nitrogen and oxygen atoms in total. The second-order valence-corrected chi connectivity index (χ2v) is 8.62. The molecule has 0 saturated heterocycles. The van der Waals surface area contributed by atoms with Crippen LogP contribution in [0, 0.1) is 12.3 Å². The van der Waals surface area contributed by atoms with E-state index in [1.165, 1.54) is 6.42 Å². The molecule has 0 bridgehead atoms. The van der Waals surface area contributed by atoms with E-state index in [0.717, 1.165) is 31.1 Å². The molecule has 4 rings (SSSR count). The smallest absolute Gasteiger partial charge is 0.276 e. The fourth-order valence-corrected chi connectivity index (χ4v) is 4.21. The SMILES string of the molecule is Cc1nc2cc(Oc3cccc(NC(=O)C4(C)CCCCC4)c3)ccc2cc1C(=O)NO. The van der Waals surface area contributed by atoms with Crippen molar-refractivity contribution < 1.29 is 19.5 Å². The third kappa shape index (κ3) is 4.57. The Kier molecular flexibility index (Phi) is 6.10. The van der Waals surface area contributed by atoms with Crippen molar-refractivity contribution >= 4 is 28.4 Å². The fraction of sp³-hybridized carbons (Fsp3) is 0.320. The van der Waals surface area contributed by atoms with E-state index in [1.54, 1.807) is 36.7 Å². The average Bonchev–Trinajstić information content (AvgIpc) is 2.79. The molecule has 1 aliphatic carbocycles. The molecule has 0 spiro atoms. The van der Waals surface area contributed by atoms with Gasteiger partial charge in [0.05, 0.1) is 16.8 Å². The molecule has 166 valence electrons. The number of hydrogen-bond acceptors (Lipinski definition) is 5. The third-order valence-electron chi connectivity index (χ3n) is 6.16. The molecule has 32 heavy (non-hydrogen) atoms. The van der Waals surface area contributed by atoms with Gasteiger partial charge in [0.25, 0.3) is 5.91 Å². The van der Waals surface area contributed by atoms with Crippen molar-refractivity contribution in [1.82, 2.24) is 10.5 Å². The minimum Gasteiger partial charge on any atom is -0.457 e. The maximum Gasteiger partial charge on any atom is 0.276 e. The number of pyridine rings is 1. The van der Waals surface area contributed by atoms with Crippen LogP contribution in [-0.4, -0.2) is 22.0 Å². The number of nitrogens with one attached hydrogen (secondary N) is 2. The van der Waals surface area contributed by atoms with E-state index in [1.807, 2.05) is 31.2 Å². The van der Waals surface area contributed by atoms with Crippen LogP contribution < -0.4 is 15.5 Å². The van der Waals surface area contributed by atoms with Crippen molar-refractivity contribution in [3.63, 3.8) is 0 Å². The first-order chi connectivity index (χ1) is 15.4. The van der Waals surface area contributed by atoms with Crippen LogP contribution in [0.25, 0.3) is 10.9 Å². The molecule has 1 heterocycles. The molecule has 1 aliphatic rings. The van der Waals surface area contributed by atoms with Crippen molar-refractivity contribution in [3.8, 4) is 11.5 Å². The Balaban J connectivity index is 1.51. The molecule has 2 aromatic carbocycles. The van der Waals surface area contributed by atoms with Gasteiger partial charge in [0.15, 0.2) is 0 Å². The number of carbonyl (C=O) groups excluding carboxylic acids is 2. The van der Waals surface area contributed by atoms with E-state index >= 15 is 0 Å². The molecule has 0 aliphatic heterocycles. The first-order valence-electron chi connectivity index (χ1n) is 10.8.